The van der Waals surface area contributed by atoms with Crippen LogP contribution >= 0.6 is 0 Å². The zero-order valence-corrected chi connectivity index (χ0v) is 11.8. The minimum atomic E-state index is -0.295. The first kappa shape index (κ1) is 14.2. The molecule has 2 amide bonds. The molecule has 0 radical (unpaired) electrons. The Morgan fingerprint density at radius 2 is 1.95 bits per heavy atom. The number of urea groups is 1. The molecule has 0 bridgehead atoms. The molecule has 1 N–H and O–H groups in total. The Morgan fingerprint density at radius 3 is 2.45 bits per heavy atom. The Kier molecular flexibility index (Phi) is 4.14. The SMILES string of the molecule is COc1ccc(NC(=O)N2CCC(C)(C#N)CC2)cc1. The standard InChI is InChI=1S/C15H19N3O2/c1-15(11-16)7-9-18(10-8-15)14(19)17-12-3-5-13(20-2)6-4-12/h3-6H,7-10H2,1-2H3,(H,17,19). The van der Waals surface area contributed by atoms with Crippen LogP contribution in [0.15, 0.2) is 24.3 Å². The maximum absolute atomic E-state index is 12.1. The Labute approximate surface area is 119 Å². The van der Waals surface area contributed by atoms with Crippen molar-refractivity contribution in [3.8, 4) is 11.8 Å². The summed E-state index contributed by atoms with van der Waals surface area (Å²) in [7, 11) is 1.60. The first-order valence-corrected chi connectivity index (χ1v) is 6.67. The molecular formula is C15H19N3O2. The van der Waals surface area contributed by atoms with Crippen LogP contribution in [0.25, 0.3) is 0 Å². The molecule has 0 saturated carbocycles. The predicted molar refractivity (Wildman–Crippen MR) is 76.5 cm³/mol. The molecule has 0 unspecified atom stereocenters. The number of benzene rings is 1. The van der Waals surface area contributed by atoms with Gasteiger partial charge in [-0.1, -0.05) is 0 Å². The summed E-state index contributed by atoms with van der Waals surface area (Å²) >= 11 is 0. The number of hydrogen-bond donors (Lipinski definition) is 1. The van der Waals surface area contributed by atoms with E-state index in [-0.39, 0.29) is 11.4 Å². The molecule has 2 rings (SSSR count). The lowest BCUT2D eigenvalue weighted by atomic mass is 9.82. The smallest absolute Gasteiger partial charge is 0.321 e. The molecule has 5 nitrogen and oxygen atoms in total. The number of carbonyl (C=O) groups is 1. The van der Waals surface area contributed by atoms with E-state index in [1.54, 1.807) is 36.3 Å². The maximum Gasteiger partial charge on any atom is 0.321 e. The van der Waals surface area contributed by atoms with Gasteiger partial charge in [0, 0.05) is 18.8 Å². The molecule has 20 heavy (non-hydrogen) atoms. The summed E-state index contributed by atoms with van der Waals surface area (Å²) in [5, 5.41) is 11.9. The van der Waals surface area contributed by atoms with Crippen LogP contribution in [0.4, 0.5) is 10.5 Å². The summed E-state index contributed by atoms with van der Waals surface area (Å²) in [5.41, 5.74) is 0.445. The molecule has 0 aliphatic carbocycles. The van der Waals surface area contributed by atoms with Gasteiger partial charge in [0.05, 0.1) is 18.6 Å². The number of nitrogens with zero attached hydrogens (tertiary/aromatic N) is 2. The molecule has 1 aromatic rings. The van der Waals surface area contributed by atoms with Crippen LogP contribution in [0.2, 0.25) is 0 Å². The fourth-order valence-electron chi connectivity index (χ4n) is 2.19. The van der Waals surface area contributed by atoms with E-state index in [0.29, 0.717) is 13.1 Å². The largest absolute Gasteiger partial charge is 0.497 e. The summed E-state index contributed by atoms with van der Waals surface area (Å²) < 4.78 is 5.07. The van der Waals surface area contributed by atoms with E-state index >= 15 is 0 Å². The number of rotatable bonds is 2. The van der Waals surface area contributed by atoms with Crippen molar-refractivity contribution in [2.45, 2.75) is 19.8 Å². The van der Waals surface area contributed by atoms with E-state index in [1.807, 2.05) is 6.92 Å². The molecule has 0 aromatic heterocycles. The van der Waals surface area contributed by atoms with E-state index in [4.69, 9.17) is 10.00 Å². The number of carbonyl (C=O) groups excluding carboxylic acids is 1. The van der Waals surface area contributed by atoms with E-state index in [2.05, 4.69) is 11.4 Å². The van der Waals surface area contributed by atoms with Gasteiger partial charge in [0.1, 0.15) is 5.75 Å². The lowest BCUT2D eigenvalue weighted by Gasteiger charge is -2.34. The van der Waals surface area contributed by atoms with Crippen molar-refractivity contribution >= 4 is 11.7 Å². The van der Waals surface area contributed by atoms with Crippen molar-refractivity contribution in [3.63, 3.8) is 0 Å². The van der Waals surface area contributed by atoms with Crippen LogP contribution < -0.4 is 10.1 Å². The van der Waals surface area contributed by atoms with Gasteiger partial charge in [-0.05, 0) is 44.0 Å². The highest BCUT2D eigenvalue weighted by molar-refractivity contribution is 5.89. The summed E-state index contributed by atoms with van der Waals surface area (Å²) in [6, 6.07) is 9.43. The third-order valence-corrected chi connectivity index (χ3v) is 3.77. The van der Waals surface area contributed by atoms with Crippen LogP contribution in [-0.2, 0) is 0 Å². The number of nitriles is 1. The predicted octanol–water partition coefficient (Wildman–Crippen LogP) is 2.85. The monoisotopic (exact) mass is 273 g/mol. The molecule has 1 aliphatic rings. The summed E-state index contributed by atoms with van der Waals surface area (Å²) in [4.78, 5) is 13.9. The number of nitrogens with one attached hydrogen (secondary N) is 1. The Hall–Kier alpha value is -2.22. The van der Waals surface area contributed by atoms with Gasteiger partial charge >= 0.3 is 6.03 Å². The third kappa shape index (κ3) is 3.21. The van der Waals surface area contributed by atoms with E-state index in [1.165, 1.54) is 0 Å². The highest BCUT2D eigenvalue weighted by atomic mass is 16.5. The van der Waals surface area contributed by atoms with Crippen LogP contribution in [-0.4, -0.2) is 31.1 Å². The van der Waals surface area contributed by atoms with Gasteiger partial charge in [-0.25, -0.2) is 4.79 Å². The maximum atomic E-state index is 12.1. The van der Waals surface area contributed by atoms with Crippen molar-refractivity contribution in [2.24, 2.45) is 5.41 Å². The topological polar surface area (TPSA) is 65.4 Å². The number of piperidine rings is 1. The number of ether oxygens (including phenoxy) is 1. The van der Waals surface area contributed by atoms with Gasteiger partial charge in [-0.2, -0.15) is 5.26 Å². The zero-order chi connectivity index (χ0) is 14.6. The van der Waals surface area contributed by atoms with Crippen LogP contribution in [0, 0.1) is 16.7 Å². The minimum Gasteiger partial charge on any atom is -0.497 e. The van der Waals surface area contributed by atoms with Crippen LogP contribution in [0.5, 0.6) is 5.75 Å². The van der Waals surface area contributed by atoms with Gasteiger partial charge in [-0.15, -0.1) is 0 Å². The molecule has 1 heterocycles. The first-order chi connectivity index (χ1) is 9.56. The second-order valence-electron chi connectivity index (χ2n) is 5.32. The lowest BCUT2D eigenvalue weighted by Crippen LogP contribution is -2.43. The number of methoxy groups -OCH3 is 1. The van der Waals surface area contributed by atoms with Crippen molar-refractivity contribution in [3.05, 3.63) is 24.3 Å². The van der Waals surface area contributed by atoms with Gasteiger partial charge < -0.3 is 15.0 Å². The van der Waals surface area contributed by atoms with Crippen molar-refractivity contribution in [1.29, 1.82) is 5.26 Å². The van der Waals surface area contributed by atoms with Crippen molar-refractivity contribution in [2.75, 3.05) is 25.5 Å². The molecule has 1 saturated heterocycles. The Balaban J connectivity index is 1.91. The van der Waals surface area contributed by atoms with Crippen molar-refractivity contribution in [1.82, 2.24) is 4.90 Å². The first-order valence-electron chi connectivity index (χ1n) is 6.67. The fraction of sp³-hybridized carbons (Fsp3) is 0.467. The summed E-state index contributed by atoms with van der Waals surface area (Å²) in [6.45, 7) is 3.18. The molecule has 1 aromatic carbocycles. The van der Waals surface area contributed by atoms with E-state index in [0.717, 1.165) is 24.3 Å². The second-order valence-corrected chi connectivity index (χ2v) is 5.32. The van der Waals surface area contributed by atoms with E-state index in [9.17, 15) is 4.79 Å². The van der Waals surface area contributed by atoms with Crippen molar-refractivity contribution < 1.29 is 9.53 Å². The molecule has 1 fully saturated rings. The zero-order valence-electron chi connectivity index (χ0n) is 11.8. The molecule has 0 atom stereocenters. The number of hydrogen-bond acceptors (Lipinski definition) is 3. The fourth-order valence-corrected chi connectivity index (χ4v) is 2.19. The molecule has 106 valence electrons. The summed E-state index contributed by atoms with van der Waals surface area (Å²) in [6.07, 6.45) is 1.44. The van der Waals surface area contributed by atoms with E-state index < -0.39 is 0 Å². The molecule has 5 heteroatoms. The second kappa shape index (κ2) is 5.83. The minimum absolute atomic E-state index is 0.116. The van der Waals surface area contributed by atoms with Gasteiger partial charge in [0.15, 0.2) is 0 Å². The Bertz CT molecular complexity index is 511. The number of amides is 2. The van der Waals surface area contributed by atoms with Crippen LogP contribution in [0.3, 0.4) is 0 Å². The quantitative estimate of drug-likeness (QED) is 0.901. The average molecular weight is 273 g/mol. The highest BCUT2D eigenvalue weighted by Gasteiger charge is 2.31. The lowest BCUT2D eigenvalue weighted by molar-refractivity contribution is 0.166. The Morgan fingerprint density at radius 1 is 1.35 bits per heavy atom. The van der Waals surface area contributed by atoms with Gasteiger partial charge in [0.2, 0.25) is 0 Å². The summed E-state index contributed by atoms with van der Waals surface area (Å²) in [5.74, 6) is 0.755. The number of likely N-dealkylation sites (tertiary alicyclic amines) is 1. The van der Waals surface area contributed by atoms with Gasteiger partial charge in [0.25, 0.3) is 0 Å². The normalized spacial score (nSPS) is 17.1. The average Bonchev–Trinajstić information content (AvgIpc) is 2.48. The highest BCUT2D eigenvalue weighted by Crippen LogP contribution is 2.30. The third-order valence-electron chi connectivity index (χ3n) is 3.77. The number of anilines is 1. The molecule has 0 spiro atoms. The molecular weight excluding hydrogens is 254 g/mol. The molecule has 1 aliphatic heterocycles. The van der Waals surface area contributed by atoms with Gasteiger partial charge in [-0.3, -0.25) is 0 Å². The van der Waals surface area contributed by atoms with Crippen LogP contribution in [0.1, 0.15) is 19.8 Å².